The molecule has 4 nitrogen and oxygen atoms in total. The minimum absolute atomic E-state index is 0. The summed E-state index contributed by atoms with van der Waals surface area (Å²) in [5.74, 6) is 0.615. The molecule has 1 aromatic rings. The molecule has 174 valence electrons. The minimum Gasteiger partial charge on any atom is -0.745 e. The van der Waals surface area contributed by atoms with Crippen LogP contribution in [0.4, 0.5) is 0 Å². The summed E-state index contributed by atoms with van der Waals surface area (Å²) in [6.07, 6.45) is 16.1. The molecule has 0 spiro atoms. The zero-order valence-electron chi connectivity index (χ0n) is 20.7. The van der Waals surface area contributed by atoms with Crippen molar-refractivity contribution < 1.29 is 47.3 Å². The van der Waals surface area contributed by atoms with E-state index in [9.17, 15) is 13.0 Å². The maximum atomic E-state index is 11.7. The van der Waals surface area contributed by atoms with Crippen LogP contribution in [0.5, 0.6) is 5.75 Å². The topological polar surface area (TPSA) is 66.4 Å². The molecule has 0 radical (unpaired) electrons. The zero-order chi connectivity index (χ0) is 22.5. The van der Waals surface area contributed by atoms with Gasteiger partial charge in [-0.2, -0.15) is 0 Å². The smallest absolute Gasteiger partial charge is 0.745 e. The van der Waals surface area contributed by atoms with Crippen LogP contribution >= 0.6 is 0 Å². The van der Waals surface area contributed by atoms with Gasteiger partial charge in [0.25, 0.3) is 0 Å². The number of rotatable bonds is 17. The molecule has 0 aliphatic rings. The second-order valence-electron chi connectivity index (χ2n) is 8.90. The Hall–Kier alpha value is -0.0700. The third kappa shape index (κ3) is 12.1. The fourth-order valence-corrected chi connectivity index (χ4v) is 3.84. The van der Waals surface area contributed by atoms with E-state index < -0.39 is 15.1 Å². The molecule has 1 rings (SSSR count). The summed E-state index contributed by atoms with van der Waals surface area (Å²) >= 11 is 0. The van der Waals surface area contributed by atoms with E-state index in [-0.39, 0.29) is 29.6 Å². The monoisotopic (exact) mass is 462 g/mol. The first-order valence-electron chi connectivity index (χ1n) is 12.0. The zero-order valence-corrected chi connectivity index (χ0v) is 23.5. The average Bonchev–Trinajstić information content (AvgIpc) is 2.68. The van der Waals surface area contributed by atoms with Crippen LogP contribution in [0.25, 0.3) is 0 Å². The Labute approximate surface area is 214 Å². The van der Waals surface area contributed by atoms with Crippen molar-refractivity contribution in [1.82, 2.24) is 0 Å². The number of hydrogen-bond acceptors (Lipinski definition) is 4. The Morgan fingerprint density at radius 1 is 0.774 bits per heavy atom. The van der Waals surface area contributed by atoms with Gasteiger partial charge in [0.15, 0.2) is 4.93 Å². The molecule has 0 amide bonds. The van der Waals surface area contributed by atoms with E-state index in [2.05, 4.69) is 13.8 Å². The van der Waals surface area contributed by atoms with Crippen LogP contribution in [0, 0.1) is 0 Å². The third-order valence-electron chi connectivity index (χ3n) is 5.73. The van der Waals surface area contributed by atoms with Crippen molar-refractivity contribution in [3.8, 4) is 5.75 Å². The molecular formula is C25H43NaO4S. The molecule has 0 atom stereocenters. The summed E-state index contributed by atoms with van der Waals surface area (Å²) in [5.41, 5.74) is 2.04. The number of hydrogen-bond donors (Lipinski definition) is 0. The van der Waals surface area contributed by atoms with Gasteiger partial charge in [0, 0.05) is 0 Å². The minimum atomic E-state index is -4.58. The standard InChI is InChI=1S/C25H44O4S.Na/c1-5-7-9-11-13-15-18-22-20-17-21-23(19-16-14-12-10-8-6-2)24(22)29-25(3,4)30(26,27)28;/h17,20-21H,5-16,18-19H2,1-4H3,(H,26,27,28);/q;+1/p-1. The first kappa shape index (κ1) is 30.9. The van der Waals surface area contributed by atoms with Gasteiger partial charge in [-0.1, -0.05) is 96.3 Å². The van der Waals surface area contributed by atoms with Gasteiger partial charge in [-0.15, -0.1) is 0 Å². The van der Waals surface area contributed by atoms with Gasteiger partial charge in [0.05, 0.1) is 0 Å². The van der Waals surface area contributed by atoms with E-state index in [1.807, 2.05) is 18.2 Å². The average molecular weight is 463 g/mol. The summed E-state index contributed by atoms with van der Waals surface area (Å²) in [4.78, 5) is -1.78. The van der Waals surface area contributed by atoms with Crippen molar-refractivity contribution >= 4 is 10.1 Å². The van der Waals surface area contributed by atoms with Gasteiger partial charge in [0.1, 0.15) is 15.9 Å². The second-order valence-corrected chi connectivity index (χ2v) is 10.8. The Kier molecular flexibility index (Phi) is 16.5. The molecule has 0 bridgehead atoms. The van der Waals surface area contributed by atoms with Crippen LogP contribution in [0.2, 0.25) is 0 Å². The molecule has 0 fully saturated rings. The van der Waals surface area contributed by atoms with Crippen LogP contribution in [-0.2, 0) is 23.0 Å². The van der Waals surface area contributed by atoms with E-state index in [0.717, 1.165) is 49.7 Å². The second kappa shape index (κ2) is 16.5. The van der Waals surface area contributed by atoms with E-state index in [0.29, 0.717) is 5.75 Å². The molecule has 6 heteroatoms. The Balaban J connectivity index is 0.00000900. The van der Waals surface area contributed by atoms with Gasteiger partial charge in [-0.3, -0.25) is 0 Å². The first-order valence-corrected chi connectivity index (χ1v) is 13.4. The van der Waals surface area contributed by atoms with E-state index in [1.165, 1.54) is 65.2 Å². The third-order valence-corrected chi connectivity index (χ3v) is 7.01. The van der Waals surface area contributed by atoms with E-state index >= 15 is 0 Å². The summed E-state index contributed by atoms with van der Waals surface area (Å²) in [5, 5.41) is 0. The van der Waals surface area contributed by atoms with Gasteiger partial charge < -0.3 is 9.29 Å². The molecule has 0 aliphatic carbocycles. The van der Waals surface area contributed by atoms with Crippen molar-refractivity contribution in [2.45, 2.75) is 123 Å². The van der Waals surface area contributed by atoms with Crippen LogP contribution in [0.15, 0.2) is 18.2 Å². The van der Waals surface area contributed by atoms with Crippen LogP contribution in [0.1, 0.15) is 116 Å². The number of benzene rings is 1. The fraction of sp³-hybridized carbons (Fsp3) is 0.760. The largest absolute Gasteiger partial charge is 1.00 e. The van der Waals surface area contributed by atoms with Crippen molar-refractivity contribution in [3.05, 3.63) is 29.3 Å². The number of para-hydroxylation sites is 1. The Morgan fingerprint density at radius 3 is 1.55 bits per heavy atom. The molecule has 1 aromatic carbocycles. The molecule has 0 N–H and O–H groups in total. The summed E-state index contributed by atoms with van der Waals surface area (Å²) < 4.78 is 41.1. The van der Waals surface area contributed by atoms with Gasteiger partial charge in [-0.05, 0) is 50.7 Å². The summed E-state index contributed by atoms with van der Waals surface area (Å²) in [6.45, 7) is 7.13. The maximum absolute atomic E-state index is 11.7. The van der Waals surface area contributed by atoms with Crippen molar-refractivity contribution in [2.75, 3.05) is 0 Å². The normalized spacial score (nSPS) is 11.9. The van der Waals surface area contributed by atoms with Crippen LogP contribution < -0.4 is 34.3 Å². The quantitative estimate of drug-likeness (QED) is 0.198. The van der Waals surface area contributed by atoms with Gasteiger partial charge in [-0.25, -0.2) is 8.42 Å². The molecule has 0 heterocycles. The van der Waals surface area contributed by atoms with Crippen molar-refractivity contribution in [3.63, 3.8) is 0 Å². The fourth-order valence-electron chi connectivity index (χ4n) is 3.65. The Bertz CT molecular complexity index is 667. The van der Waals surface area contributed by atoms with E-state index in [1.54, 1.807) is 0 Å². The first-order chi connectivity index (χ1) is 14.2. The summed E-state index contributed by atoms with van der Waals surface area (Å²) in [7, 11) is -4.58. The molecule has 0 unspecified atom stereocenters. The van der Waals surface area contributed by atoms with Crippen molar-refractivity contribution in [2.24, 2.45) is 0 Å². The molecular weight excluding hydrogens is 419 g/mol. The number of ether oxygens (including phenoxy) is 1. The molecule has 0 aromatic heterocycles. The molecule has 0 aliphatic heterocycles. The van der Waals surface area contributed by atoms with Gasteiger partial charge in [0.2, 0.25) is 0 Å². The predicted octanol–water partition coefficient (Wildman–Crippen LogP) is 4.16. The number of aryl methyl sites for hydroxylation is 2. The predicted molar refractivity (Wildman–Crippen MR) is 125 cm³/mol. The molecule has 31 heavy (non-hydrogen) atoms. The van der Waals surface area contributed by atoms with Crippen LogP contribution in [0.3, 0.4) is 0 Å². The summed E-state index contributed by atoms with van der Waals surface area (Å²) in [6, 6.07) is 6.06. The Morgan fingerprint density at radius 2 is 1.16 bits per heavy atom. The maximum Gasteiger partial charge on any atom is 1.00 e. The van der Waals surface area contributed by atoms with Gasteiger partial charge >= 0.3 is 29.6 Å². The van der Waals surface area contributed by atoms with E-state index in [4.69, 9.17) is 4.74 Å². The molecule has 0 saturated heterocycles. The molecule has 0 saturated carbocycles. The SMILES string of the molecule is CCCCCCCCc1cccc(CCCCCCCC)c1OC(C)(C)S(=O)(=O)[O-].[Na+]. The van der Waals surface area contributed by atoms with Crippen LogP contribution in [-0.4, -0.2) is 17.9 Å². The van der Waals surface area contributed by atoms with Crippen molar-refractivity contribution in [1.29, 1.82) is 0 Å². The number of unbranched alkanes of at least 4 members (excludes halogenated alkanes) is 10.